The molecule has 0 spiro atoms. The predicted octanol–water partition coefficient (Wildman–Crippen LogP) is 2.00. The maximum Gasteiger partial charge on any atom is 0.401 e. The van der Waals surface area contributed by atoms with Gasteiger partial charge in [-0.3, -0.25) is 4.79 Å². The molecule has 0 aromatic carbocycles. The van der Waals surface area contributed by atoms with E-state index in [1.54, 1.807) is 11.3 Å². The van der Waals surface area contributed by atoms with E-state index < -0.39 is 18.6 Å². The molecule has 1 aliphatic carbocycles. The number of rotatable bonds is 5. The molecule has 1 heterocycles. The van der Waals surface area contributed by atoms with Gasteiger partial charge in [0.2, 0.25) is 5.91 Å². The Balaban J connectivity index is 1.68. The maximum absolute atomic E-state index is 11.9. The maximum atomic E-state index is 11.9. The van der Waals surface area contributed by atoms with Gasteiger partial charge in [0, 0.05) is 9.75 Å². The summed E-state index contributed by atoms with van der Waals surface area (Å²) in [6.07, 6.45) is -0.905. The first kappa shape index (κ1) is 14.3. The highest BCUT2D eigenvalue weighted by molar-refractivity contribution is 7.12. The summed E-state index contributed by atoms with van der Waals surface area (Å²) in [5.41, 5.74) is 1.35. The van der Waals surface area contributed by atoms with Gasteiger partial charge in [0.15, 0.2) is 0 Å². The third kappa shape index (κ3) is 4.50. The summed E-state index contributed by atoms with van der Waals surface area (Å²) in [4.78, 5) is 13.8. The van der Waals surface area contributed by atoms with Crippen molar-refractivity contribution in [2.75, 3.05) is 13.1 Å². The lowest BCUT2D eigenvalue weighted by molar-refractivity contribution is -0.128. The lowest BCUT2D eigenvalue weighted by atomic mass is 10.2. The lowest BCUT2D eigenvalue weighted by Crippen LogP contribution is -2.37. The van der Waals surface area contributed by atoms with Crippen LogP contribution in [-0.2, 0) is 24.2 Å². The van der Waals surface area contributed by atoms with E-state index in [9.17, 15) is 18.0 Å². The van der Waals surface area contributed by atoms with E-state index in [0.717, 1.165) is 17.7 Å². The van der Waals surface area contributed by atoms with Gasteiger partial charge in [-0.1, -0.05) is 0 Å². The first-order chi connectivity index (χ1) is 8.94. The second-order valence-electron chi connectivity index (χ2n) is 4.51. The van der Waals surface area contributed by atoms with Crippen molar-refractivity contribution in [1.29, 1.82) is 0 Å². The van der Waals surface area contributed by atoms with Crippen LogP contribution in [0.1, 0.15) is 21.7 Å². The number of alkyl halides is 3. The topological polar surface area (TPSA) is 41.1 Å². The molecule has 0 bridgehead atoms. The Labute approximate surface area is 113 Å². The Hall–Kier alpha value is -1.08. The molecule has 0 radical (unpaired) electrons. The molecule has 2 rings (SSSR count). The van der Waals surface area contributed by atoms with Crippen molar-refractivity contribution in [3.05, 3.63) is 21.4 Å². The molecule has 0 saturated carbocycles. The summed E-state index contributed by atoms with van der Waals surface area (Å²) in [6, 6.07) is 2.08. The van der Waals surface area contributed by atoms with Gasteiger partial charge in [0.25, 0.3) is 0 Å². The Kier molecular flexibility index (Phi) is 4.46. The van der Waals surface area contributed by atoms with Crippen molar-refractivity contribution in [1.82, 2.24) is 10.6 Å². The number of amides is 1. The van der Waals surface area contributed by atoms with Crippen LogP contribution in [-0.4, -0.2) is 25.2 Å². The molecule has 1 aromatic heterocycles. The molecule has 2 N–H and O–H groups in total. The second-order valence-corrected chi connectivity index (χ2v) is 5.73. The Morgan fingerprint density at radius 3 is 2.84 bits per heavy atom. The smallest absolute Gasteiger partial charge is 0.350 e. The number of fused-ring (bicyclic) bond motifs is 1. The zero-order valence-corrected chi connectivity index (χ0v) is 11.1. The molecule has 1 aliphatic rings. The number of nitrogens with one attached hydrogen (secondary N) is 2. The molecule has 3 nitrogen and oxygen atoms in total. The molecular weight excluding hydrogens is 277 g/mol. The fourth-order valence-corrected chi connectivity index (χ4v) is 3.24. The van der Waals surface area contributed by atoms with Crippen LogP contribution in [0, 0.1) is 0 Å². The Morgan fingerprint density at radius 1 is 1.37 bits per heavy atom. The molecule has 1 amide bonds. The number of carbonyl (C=O) groups is 1. The van der Waals surface area contributed by atoms with Gasteiger partial charge in [-0.05, 0) is 30.9 Å². The molecule has 19 heavy (non-hydrogen) atoms. The molecule has 7 heteroatoms. The van der Waals surface area contributed by atoms with Gasteiger partial charge in [-0.15, -0.1) is 11.3 Å². The number of hydrogen-bond donors (Lipinski definition) is 2. The van der Waals surface area contributed by atoms with Gasteiger partial charge in [-0.25, -0.2) is 0 Å². The summed E-state index contributed by atoms with van der Waals surface area (Å²) >= 11 is 1.68. The summed E-state index contributed by atoms with van der Waals surface area (Å²) in [5.74, 6) is -0.419. The van der Waals surface area contributed by atoms with Crippen molar-refractivity contribution >= 4 is 17.2 Å². The number of hydrogen-bond acceptors (Lipinski definition) is 3. The van der Waals surface area contributed by atoms with Crippen LogP contribution < -0.4 is 10.6 Å². The van der Waals surface area contributed by atoms with E-state index in [4.69, 9.17) is 0 Å². The second kappa shape index (κ2) is 5.92. The van der Waals surface area contributed by atoms with E-state index in [0.29, 0.717) is 6.54 Å². The molecule has 0 saturated heterocycles. The van der Waals surface area contributed by atoms with Crippen molar-refractivity contribution in [2.24, 2.45) is 0 Å². The van der Waals surface area contributed by atoms with Gasteiger partial charge >= 0.3 is 6.18 Å². The number of carbonyl (C=O) groups excluding carboxylic acids is 1. The standard InChI is InChI=1S/C12H15F3N2OS/c13-12(14,15)7-16-6-11(18)17-5-9-4-8-2-1-3-10(8)19-9/h4,16H,1-3,5-7H2,(H,17,18). The third-order valence-corrected chi connectivity index (χ3v) is 4.11. The summed E-state index contributed by atoms with van der Waals surface area (Å²) in [6.45, 7) is -1.07. The van der Waals surface area contributed by atoms with Crippen LogP contribution >= 0.6 is 11.3 Å². The zero-order valence-electron chi connectivity index (χ0n) is 10.3. The number of thiophene rings is 1. The summed E-state index contributed by atoms with van der Waals surface area (Å²) in [7, 11) is 0. The Morgan fingerprint density at radius 2 is 2.16 bits per heavy atom. The monoisotopic (exact) mass is 292 g/mol. The van der Waals surface area contributed by atoms with E-state index in [-0.39, 0.29) is 6.54 Å². The van der Waals surface area contributed by atoms with Crippen molar-refractivity contribution in [2.45, 2.75) is 32.0 Å². The molecule has 0 fully saturated rings. The highest BCUT2D eigenvalue weighted by Gasteiger charge is 2.26. The van der Waals surface area contributed by atoms with Gasteiger partial charge < -0.3 is 10.6 Å². The van der Waals surface area contributed by atoms with Crippen LogP contribution in [0.25, 0.3) is 0 Å². The third-order valence-electron chi connectivity index (χ3n) is 2.87. The van der Waals surface area contributed by atoms with Crippen LogP contribution in [0.5, 0.6) is 0 Å². The van der Waals surface area contributed by atoms with E-state index in [1.807, 2.05) is 0 Å². The van der Waals surface area contributed by atoms with Crippen LogP contribution in [0.4, 0.5) is 13.2 Å². The minimum atomic E-state index is -4.28. The normalized spacial score (nSPS) is 14.5. The van der Waals surface area contributed by atoms with E-state index in [2.05, 4.69) is 16.7 Å². The fourth-order valence-electron chi connectivity index (χ4n) is 2.04. The molecule has 106 valence electrons. The summed E-state index contributed by atoms with van der Waals surface area (Å²) < 4.78 is 35.6. The van der Waals surface area contributed by atoms with Gasteiger partial charge in [0.1, 0.15) is 0 Å². The minimum absolute atomic E-state index is 0.315. The van der Waals surface area contributed by atoms with Crippen LogP contribution in [0.3, 0.4) is 0 Å². The quantitative estimate of drug-likeness (QED) is 0.871. The van der Waals surface area contributed by atoms with Crippen LogP contribution in [0.2, 0.25) is 0 Å². The highest BCUT2D eigenvalue weighted by atomic mass is 32.1. The summed E-state index contributed by atoms with van der Waals surface area (Å²) in [5, 5.41) is 4.68. The molecule has 0 atom stereocenters. The fraction of sp³-hybridized carbons (Fsp3) is 0.583. The molecule has 0 aliphatic heterocycles. The SMILES string of the molecule is O=C(CNCC(F)(F)F)NCc1cc2c(s1)CCC2. The predicted molar refractivity (Wildman–Crippen MR) is 67.1 cm³/mol. The average molecular weight is 292 g/mol. The lowest BCUT2D eigenvalue weighted by Gasteiger charge is -2.08. The minimum Gasteiger partial charge on any atom is -0.350 e. The van der Waals surface area contributed by atoms with E-state index in [1.165, 1.54) is 16.9 Å². The van der Waals surface area contributed by atoms with E-state index >= 15 is 0 Å². The van der Waals surface area contributed by atoms with Crippen molar-refractivity contribution in [3.63, 3.8) is 0 Å². The Bertz CT molecular complexity index is 435. The average Bonchev–Trinajstić information content (AvgIpc) is 2.84. The zero-order chi connectivity index (χ0) is 13.9. The van der Waals surface area contributed by atoms with Gasteiger partial charge in [-0.2, -0.15) is 13.2 Å². The largest absolute Gasteiger partial charge is 0.401 e. The first-order valence-electron chi connectivity index (χ1n) is 6.09. The van der Waals surface area contributed by atoms with Crippen molar-refractivity contribution in [3.8, 4) is 0 Å². The first-order valence-corrected chi connectivity index (χ1v) is 6.90. The molecule has 1 aromatic rings. The highest BCUT2D eigenvalue weighted by Crippen LogP contribution is 2.30. The number of halogens is 3. The van der Waals surface area contributed by atoms with Crippen molar-refractivity contribution < 1.29 is 18.0 Å². The van der Waals surface area contributed by atoms with Crippen LogP contribution in [0.15, 0.2) is 6.07 Å². The number of aryl methyl sites for hydroxylation is 2. The van der Waals surface area contributed by atoms with Gasteiger partial charge in [0.05, 0.1) is 19.6 Å². The molecule has 0 unspecified atom stereocenters. The molecular formula is C12H15F3N2OS.